The summed E-state index contributed by atoms with van der Waals surface area (Å²) in [6.07, 6.45) is 3.24. The average molecular weight is 380 g/mol. The fourth-order valence-electron chi connectivity index (χ4n) is 4.36. The van der Waals surface area contributed by atoms with Crippen LogP contribution in [0.5, 0.6) is 5.75 Å². The van der Waals surface area contributed by atoms with E-state index in [-0.39, 0.29) is 28.9 Å². The van der Waals surface area contributed by atoms with Crippen LogP contribution in [0.15, 0.2) is 47.2 Å². The summed E-state index contributed by atoms with van der Waals surface area (Å²) in [6, 6.07) is 12.2. The first-order chi connectivity index (χ1) is 13.4. The molecule has 1 aromatic rings. The number of nitrogens with zero attached hydrogens (tertiary/aromatic N) is 3. The first-order valence-corrected chi connectivity index (χ1v) is 8.86. The number of nitrogens with two attached hydrogens (primary N) is 1. The zero-order valence-corrected chi connectivity index (χ0v) is 15.2. The molecule has 0 saturated carbocycles. The fourth-order valence-corrected chi connectivity index (χ4v) is 4.36. The highest BCUT2D eigenvalue weighted by Crippen LogP contribution is 2.57. The standard InChI is InChI=1S/C21H18F2N4O/c1-12-6-7-13-15(8-12)18(14-4-2-3-5-17(14)28-20(22)23)21(10-25,11-26)19(27)16(13)9-24/h2-5,7,12,15,18,20H,6,8,27H2,1H3/t12-,15+,18-/m1/s1. The molecule has 1 aromatic carbocycles. The largest absolute Gasteiger partial charge is 0.435 e. The molecule has 0 fully saturated rings. The summed E-state index contributed by atoms with van der Waals surface area (Å²) in [4.78, 5) is 0. The van der Waals surface area contributed by atoms with Crippen molar-refractivity contribution >= 4 is 0 Å². The van der Waals surface area contributed by atoms with Crippen molar-refractivity contribution in [2.24, 2.45) is 23.0 Å². The Kier molecular flexibility index (Phi) is 5.08. The molecular weight excluding hydrogens is 362 g/mol. The number of para-hydroxylation sites is 1. The Labute approximate surface area is 161 Å². The number of hydrogen-bond donors (Lipinski definition) is 1. The van der Waals surface area contributed by atoms with Crippen LogP contribution in [0.25, 0.3) is 0 Å². The van der Waals surface area contributed by atoms with Crippen LogP contribution in [0.1, 0.15) is 31.2 Å². The smallest absolute Gasteiger partial charge is 0.387 e. The summed E-state index contributed by atoms with van der Waals surface area (Å²) >= 11 is 0. The molecule has 0 unspecified atom stereocenters. The SMILES string of the molecule is C[C@@H]1CC=C2C(C#N)=C(N)C(C#N)(C#N)[C@H](c3ccccc3OC(F)F)[C@H]2C1. The van der Waals surface area contributed by atoms with Gasteiger partial charge in [0.25, 0.3) is 0 Å². The third-order valence-corrected chi connectivity index (χ3v) is 5.58. The van der Waals surface area contributed by atoms with Crippen molar-refractivity contribution in [2.45, 2.75) is 32.3 Å². The van der Waals surface area contributed by atoms with Gasteiger partial charge in [0.1, 0.15) is 11.8 Å². The predicted octanol–water partition coefficient (Wildman–Crippen LogP) is 4.13. The normalized spacial score (nSPS) is 25.8. The highest BCUT2D eigenvalue weighted by molar-refractivity contribution is 5.60. The Balaban J connectivity index is 2.33. The van der Waals surface area contributed by atoms with Gasteiger partial charge in [-0.1, -0.05) is 31.2 Å². The number of ether oxygens (including phenoxy) is 1. The lowest BCUT2D eigenvalue weighted by Crippen LogP contribution is -2.43. The van der Waals surface area contributed by atoms with Gasteiger partial charge in [-0.05, 0) is 36.3 Å². The predicted molar refractivity (Wildman–Crippen MR) is 96.3 cm³/mol. The van der Waals surface area contributed by atoms with E-state index in [2.05, 4.69) is 4.74 Å². The fraction of sp³-hybridized carbons (Fsp3) is 0.381. The molecule has 142 valence electrons. The molecule has 2 aliphatic rings. The quantitative estimate of drug-likeness (QED) is 0.848. The molecule has 2 aliphatic carbocycles. The first kappa shape index (κ1) is 19.4. The molecule has 0 radical (unpaired) electrons. The zero-order valence-electron chi connectivity index (χ0n) is 15.2. The number of benzene rings is 1. The van der Waals surface area contributed by atoms with Crippen molar-refractivity contribution in [2.75, 3.05) is 0 Å². The molecule has 7 heteroatoms. The highest BCUT2D eigenvalue weighted by atomic mass is 19.3. The Morgan fingerprint density at radius 3 is 2.50 bits per heavy atom. The maximum Gasteiger partial charge on any atom is 0.387 e. The van der Waals surface area contributed by atoms with Gasteiger partial charge >= 0.3 is 6.61 Å². The lowest BCUT2D eigenvalue weighted by Gasteiger charge is -2.44. The van der Waals surface area contributed by atoms with Crippen molar-refractivity contribution in [3.63, 3.8) is 0 Å². The van der Waals surface area contributed by atoms with E-state index in [1.165, 1.54) is 6.07 Å². The van der Waals surface area contributed by atoms with Gasteiger partial charge in [-0.25, -0.2) is 0 Å². The van der Waals surface area contributed by atoms with E-state index in [0.29, 0.717) is 17.6 Å². The van der Waals surface area contributed by atoms with E-state index >= 15 is 0 Å². The summed E-state index contributed by atoms with van der Waals surface area (Å²) in [6.45, 7) is -1.02. The number of nitriles is 3. The maximum absolute atomic E-state index is 13.0. The van der Waals surface area contributed by atoms with Gasteiger partial charge in [-0.2, -0.15) is 24.6 Å². The number of hydrogen-bond acceptors (Lipinski definition) is 5. The van der Waals surface area contributed by atoms with E-state index in [1.54, 1.807) is 18.2 Å². The van der Waals surface area contributed by atoms with Crippen molar-refractivity contribution in [3.05, 3.63) is 52.7 Å². The topological polar surface area (TPSA) is 107 Å². The molecule has 28 heavy (non-hydrogen) atoms. The number of halogens is 2. The molecule has 0 amide bonds. The van der Waals surface area contributed by atoms with Gasteiger partial charge in [0.15, 0.2) is 5.41 Å². The number of fused-ring (bicyclic) bond motifs is 1. The van der Waals surface area contributed by atoms with E-state index in [4.69, 9.17) is 5.73 Å². The number of alkyl halides is 2. The average Bonchev–Trinajstić information content (AvgIpc) is 2.68. The Morgan fingerprint density at radius 1 is 1.21 bits per heavy atom. The van der Waals surface area contributed by atoms with Crippen LogP contribution in [0.4, 0.5) is 8.78 Å². The van der Waals surface area contributed by atoms with Crippen molar-refractivity contribution in [1.82, 2.24) is 0 Å². The van der Waals surface area contributed by atoms with E-state index in [1.807, 2.05) is 31.2 Å². The molecule has 0 bridgehead atoms. The van der Waals surface area contributed by atoms with Crippen LogP contribution < -0.4 is 10.5 Å². The van der Waals surface area contributed by atoms with Crippen LogP contribution in [-0.4, -0.2) is 6.61 Å². The second kappa shape index (κ2) is 7.33. The van der Waals surface area contributed by atoms with Crippen LogP contribution >= 0.6 is 0 Å². The minimum Gasteiger partial charge on any atom is -0.435 e. The minimum absolute atomic E-state index is 0.0943. The van der Waals surface area contributed by atoms with Gasteiger partial charge in [0.2, 0.25) is 0 Å². The number of rotatable bonds is 3. The minimum atomic E-state index is -3.05. The third kappa shape index (κ3) is 2.88. The van der Waals surface area contributed by atoms with Crippen molar-refractivity contribution in [1.29, 1.82) is 15.8 Å². The van der Waals surface area contributed by atoms with Crippen LogP contribution in [-0.2, 0) is 0 Å². The van der Waals surface area contributed by atoms with Gasteiger partial charge in [-0.15, -0.1) is 0 Å². The Hall–Kier alpha value is -3.37. The lowest BCUT2D eigenvalue weighted by molar-refractivity contribution is -0.0509. The molecule has 0 heterocycles. The van der Waals surface area contributed by atoms with Gasteiger partial charge in [0, 0.05) is 11.5 Å². The van der Waals surface area contributed by atoms with Crippen molar-refractivity contribution in [3.8, 4) is 24.0 Å². The van der Waals surface area contributed by atoms with Crippen molar-refractivity contribution < 1.29 is 13.5 Å². The molecular formula is C21H18F2N4O. The van der Waals surface area contributed by atoms with E-state index < -0.39 is 17.9 Å². The maximum atomic E-state index is 13.0. The first-order valence-electron chi connectivity index (χ1n) is 8.86. The summed E-state index contributed by atoms with van der Waals surface area (Å²) in [7, 11) is 0. The Morgan fingerprint density at radius 2 is 1.89 bits per heavy atom. The van der Waals surface area contributed by atoms with Gasteiger partial charge in [0.05, 0.1) is 23.4 Å². The summed E-state index contributed by atoms with van der Waals surface area (Å²) in [5, 5.41) is 29.6. The lowest BCUT2D eigenvalue weighted by atomic mass is 9.56. The summed E-state index contributed by atoms with van der Waals surface area (Å²) in [5.41, 5.74) is 5.34. The van der Waals surface area contributed by atoms with Gasteiger partial charge in [-0.3, -0.25) is 0 Å². The van der Waals surface area contributed by atoms with Gasteiger partial charge < -0.3 is 10.5 Å². The molecule has 3 rings (SSSR count). The zero-order chi connectivity index (χ0) is 20.5. The highest BCUT2D eigenvalue weighted by Gasteiger charge is 2.55. The van der Waals surface area contributed by atoms with E-state index in [0.717, 1.165) is 6.42 Å². The molecule has 3 atom stereocenters. The summed E-state index contributed by atoms with van der Waals surface area (Å²) in [5.74, 6) is -1.06. The second-order valence-corrected chi connectivity index (χ2v) is 7.17. The molecule has 0 aromatic heterocycles. The molecule has 0 spiro atoms. The van der Waals surface area contributed by atoms with E-state index in [9.17, 15) is 24.6 Å². The molecule has 2 N–H and O–H groups in total. The summed E-state index contributed by atoms with van der Waals surface area (Å²) < 4.78 is 30.6. The molecule has 0 saturated heterocycles. The Bertz CT molecular complexity index is 963. The second-order valence-electron chi connectivity index (χ2n) is 7.17. The molecule has 0 aliphatic heterocycles. The molecule has 5 nitrogen and oxygen atoms in total. The monoisotopic (exact) mass is 380 g/mol. The van der Waals surface area contributed by atoms with Crippen LogP contribution in [0.3, 0.4) is 0 Å². The number of allylic oxidation sites excluding steroid dienone is 4. The van der Waals surface area contributed by atoms with Crippen LogP contribution in [0, 0.1) is 51.2 Å². The van der Waals surface area contributed by atoms with Crippen LogP contribution in [0.2, 0.25) is 0 Å². The third-order valence-electron chi connectivity index (χ3n) is 5.58.